The van der Waals surface area contributed by atoms with Crippen LogP contribution in [0.4, 0.5) is 0 Å². The molecule has 2 aromatic rings. The van der Waals surface area contributed by atoms with Gasteiger partial charge in [-0.2, -0.15) is 5.10 Å². The minimum atomic E-state index is -0.259. The first-order chi connectivity index (χ1) is 10.7. The lowest BCUT2D eigenvalue weighted by molar-refractivity contribution is 0.0954. The summed E-state index contributed by atoms with van der Waals surface area (Å²) < 4.78 is 11.3. The number of nitrogens with zero attached hydrogens (tertiary/aromatic N) is 1. The second-order valence-corrected chi connectivity index (χ2v) is 5.01. The van der Waals surface area contributed by atoms with Crippen LogP contribution in [0.15, 0.2) is 53.6 Å². The summed E-state index contributed by atoms with van der Waals surface area (Å²) in [5.41, 5.74) is 4.80. The van der Waals surface area contributed by atoms with Crippen molar-refractivity contribution in [2.24, 2.45) is 5.10 Å². The van der Waals surface area contributed by atoms with E-state index < -0.39 is 0 Å². The zero-order chi connectivity index (χ0) is 15.4. The predicted molar refractivity (Wildman–Crippen MR) is 83.5 cm³/mol. The van der Waals surface area contributed by atoms with Crippen LogP contribution >= 0.6 is 0 Å². The summed E-state index contributed by atoms with van der Waals surface area (Å²) in [6.07, 6.45) is 0. The molecule has 1 heterocycles. The first-order valence-electron chi connectivity index (χ1n) is 6.99. The summed E-state index contributed by atoms with van der Waals surface area (Å²) in [6, 6.07) is 14.7. The Bertz CT molecular complexity index is 711. The van der Waals surface area contributed by atoms with Gasteiger partial charge in [-0.3, -0.25) is 4.79 Å². The highest BCUT2D eigenvalue weighted by atomic mass is 16.5. The fourth-order valence-corrected chi connectivity index (χ4v) is 2.06. The SMILES string of the molecule is Cc1ccc2c(c1)OC/C(=N/NC(=O)c1ccccc1)CO2. The molecule has 0 radical (unpaired) electrons. The molecule has 0 bridgehead atoms. The zero-order valence-electron chi connectivity index (χ0n) is 12.2. The van der Waals surface area contributed by atoms with E-state index in [1.165, 1.54) is 0 Å². The molecule has 3 rings (SSSR count). The molecule has 0 aromatic heterocycles. The summed E-state index contributed by atoms with van der Waals surface area (Å²) in [4.78, 5) is 11.9. The van der Waals surface area contributed by atoms with Gasteiger partial charge in [-0.15, -0.1) is 0 Å². The molecule has 0 spiro atoms. The highest BCUT2D eigenvalue weighted by molar-refractivity contribution is 5.96. The van der Waals surface area contributed by atoms with Gasteiger partial charge in [-0.25, -0.2) is 5.43 Å². The zero-order valence-corrected chi connectivity index (χ0v) is 12.2. The molecule has 0 saturated heterocycles. The fraction of sp³-hybridized carbons (Fsp3) is 0.176. The number of carbonyl (C=O) groups excluding carboxylic acids is 1. The van der Waals surface area contributed by atoms with Gasteiger partial charge in [0.15, 0.2) is 11.5 Å². The van der Waals surface area contributed by atoms with E-state index in [0.29, 0.717) is 22.8 Å². The van der Waals surface area contributed by atoms with Gasteiger partial charge < -0.3 is 9.47 Å². The molecule has 0 atom stereocenters. The van der Waals surface area contributed by atoms with Crippen LogP contribution in [0.2, 0.25) is 0 Å². The number of ether oxygens (including phenoxy) is 2. The molecule has 2 aromatic carbocycles. The van der Waals surface area contributed by atoms with Crippen molar-refractivity contribution < 1.29 is 14.3 Å². The average Bonchev–Trinajstić information content (AvgIpc) is 2.75. The van der Waals surface area contributed by atoms with Crippen molar-refractivity contribution in [3.05, 3.63) is 59.7 Å². The number of benzene rings is 2. The number of aryl methyl sites for hydroxylation is 1. The van der Waals surface area contributed by atoms with E-state index >= 15 is 0 Å². The number of fused-ring (bicyclic) bond motifs is 1. The number of hydrazone groups is 1. The van der Waals surface area contributed by atoms with E-state index in [-0.39, 0.29) is 19.1 Å². The van der Waals surface area contributed by atoms with Gasteiger partial charge in [0, 0.05) is 5.56 Å². The fourth-order valence-electron chi connectivity index (χ4n) is 2.06. The third kappa shape index (κ3) is 3.25. The van der Waals surface area contributed by atoms with Gasteiger partial charge >= 0.3 is 0 Å². The van der Waals surface area contributed by atoms with Gasteiger partial charge in [0.05, 0.1) is 0 Å². The van der Waals surface area contributed by atoms with Crippen molar-refractivity contribution in [3.8, 4) is 11.5 Å². The third-order valence-corrected chi connectivity index (χ3v) is 3.24. The lowest BCUT2D eigenvalue weighted by Gasteiger charge is -2.06. The maximum atomic E-state index is 11.9. The first-order valence-corrected chi connectivity index (χ1v) is 6.99. The molecule has 1 aliphatic rings. The molecule has 5 nitrogen and oxygen atoms in total. The number of hydrogen-bond acceptors (Lipinski definition) is 4. The Balaban J connectivity index is 1.66. The molecule has 1 aliphatic heterocycles. The van der Waals surface area contributed by atoms with Crippen LogP contribution in [-0.2, 0) is 0 Å². The second-order valence-electron chi connectivity index (χ2n) is 5.01. The van der Waals surface area contributed by atoms with E-state index in [1.807, 2.05) is 31.2 Å². The van der Waals surface area contributed by atoms with E-state index in [9.17, 15) is 4.79 Å². The summed E-state index contributed by atoms with van der Waals surface area (Å²) in [7, 11) is 0. The Morgan fingerprint density at radius 1 is 1.05 bits per heavy atom. The number of carbonyl (C=O) groups is 1. The van der Waals surface area contributed by atoms with E-state index in [1.54, 1.807) is 24.3 Å². The molecular formula is C17H16N2O3. The summed E-state index contributed by atoms with van der Waals surface area (Å²) in [5.74, 6) is 1.12. The highest BCUT2D eigenvalue weighted by Crippen LogP contribution is 2.29. The standard InChI is InChI=1S/C17H16N2O3/c1-12-7-8-15-16(9-12)22-11-14(10-21-15)18-19-17(20)13-5-3-2-4-6-13/h2-9H,10-11H2,1H3,(H,19,20)/b18-14+. The lowest BCUT2D eigenvalue weighted by Crippen LogP contribution is -2.24. The summed E-state index contributed by atoms with van der Waals surface area (Å²) in [6.45, 7) is 2.56. The number of rotatable bonds is 2. The Morgan fingerprint density at radius 3 is 2.55 bits per heavy atom. The van der Waals surface area contributed by atoms with Crippen molar-refractivity contribution in [3.63, 3.8) is 0 Å². The van der Waals surface area contributed by atoms with Gasteiger partial charge in [0.1, 0.15) is 18.9 Å². The van der Waals surface area contributed by atoms with Crippen LogP contribution in [0, 0.1) is 6.92 Å². The molecule has 5 heteroatoms. The van der Waals surface area contributed by atoms with Crippen LogP contribution in [0.5, 0.6) is 11.5 Å². The molecule has 0 unspecified atom stereocenters. The topological polar surface area (TPSA) is 59.9 Å². The van der Waals surface area contributed by atoms with Crippen molar-refractivity contribution in [2.75, 3.05) is 13.2 Å². The minimum Gasteiger partial charge on any atom is -0.484 e. The smallest absolute Gasteiger partial charge is 0.271 e. The van der Waals surface area contributed by atoms with E-state index in [4.69, 9.17) is 9.47 Å². The van der Waals surface area contributed by atoms with Crippen LogP contribution in [0.3, 0.4) is 0 Å². The molecule has 1 N–H and O–H groups in total. The predicted octanol–water partition coefficient (Wildman–Crippen LogP) is 2.55. The quantitative estimate of drug-likeness (QED) is 0.866. The Hall–Kier alpha value is -2.82. The molecular weight excluding hydrogens is 280 g/mol. The Labute approximate surface area is 128 Å². The van der Waals surface area contributed by atoms with Crippen LogP contribution in [0.25, 0.3) is 0 Å². The lowest BCUT2D eigenvalue weighted by atomic mass is 10.2. The summed E-state index contributed by atoms with van der Waals surface area (Å²) >= 11 is 0. The Kier molecular flexibility index (Phi) is 4.05. The van der Waals surface area contributed by atoms with E-state index in [2.05, 4.69) is 10.5 Å². The van der Waals surface area contributed by atoms with Gasteiger partial charge in [0.2, 0.25) is 0 Å². The number of hydrogen-bond donors (Lipinski definition) is 1. The van der Waals surface area contributed by atoms with Gasteiger partial charge in [-0.05, 0) is 36.8 Å². The van der Waals surface area contributed by atoms with Crippen molar-refractivity contribution in [2.45, 2.75) is 6.92 Å². The average molecular weight is 296 g/mol. The summed E-state index contributed by atoms with van der Waals surface area (Å²) in [5, 5.41) is 4.09. The van der Waals surface area contributed by atoms with Crippen molar-refractivity contribution in [1.82, 2.24) is 5.43 Å². The van der Waals surface area contributed by atoms with Crippen LogP contribution < -0.4 is 14.9 Å². The monoisotopic (exact) mass is 296 g/mol. The molecule has 0 saturated carbocycles. The number of nitrogens with one attached hydrogen (secondary N) is 1. The Morgan fingerprint density at radius 2 is 1.77 bits per heavy atom. The van der Waals surface area contributed by atoms with Crippen molar-refractivity contribution in [1.29, 1.82) is 0 Å². The number of amides is 1. The molecule has 112 valence electrons. The minimum absolute atomic E-state index is 0.259. The first kappa shape index (κ1) is 14.1. The highest BCUT2D eigenvalue weighted by Gasteiger charge is 2.14. The van der Waals surface area contributed by atoms with E-state index in [0.717, 1.165) is 5.56 Å². The molecule has 22 heavy (non-hydrogen) atoms. The molecule has 0 aliphatic carbocycles. The van der Waals surface area contributed by atoms with Crippen LogP contribution in [-0.4, -0.2) is 24.8 Å². The van der Waals surface area contributed by atoms with Gasteiger partial charge in [0.25, 0.3) is 5.91 Å². The molecule has 0 fully saturated rings. The van der Waals surface area contributed by atoms with Crippen molar-refractivity contribution >= 4 is 11.6 Å². The van der Waals surface area contributed by atoms with Crippen LogP contribution in [0.1, 0.15) is 15.9 Å². The normalized spacial score (nSPS) is 15.2. The largest absolute Gasteiger partial charge is 0.484 e. The maximum Gasteiger partial charge on any atom is 0.271 e. The second kappa shape index (κ2) is 6.30. The maximum absolute atomic E-state index is 11.9. The van der Waals surface area contributed by atoms with Gasteiger partial charge in [-0.1, -0.05) is 24.3 Å². The third-order valence-electron chi connectivity index (χ3n) is 3.24. The molecule has 1 amide bonds.